The quantitative estimate of drug-likeness (QED) is 0.137. The number of nitrogens with two attached hydrogens (primary N) is 1. The SMILES string of the molecule is Cn1c(OC(=O)c2cc(S(N)(=O)=O)c(Cl)cc2NCc2ccco2)nc2cccc(C(=O)Oc3ccc(-c4ccccc4)cc3)c21. The number of rotatable bonds is 9. The molecule has 232 valence electrons. The van der Waals surface area contributed by atoms with Crippen molar-refractivity contribution in [2.45, 2.75) is 11.4 Å². The Kier molecular flexibility index (Phi) is 8.33. The number of esters is 2. The third-order valence-corrected chi connectivity index (χ3v) is 8.44. The summed E-state index contributed by atoms with van der Waals surface area (Å²) in [5.41, 5.74) is 2.89. The molecular weight excluding hydrogens is 632 g/mol. The largest absolute Gasteiger partial charge is 0.467 e. The van der Waals surface area contributed by atoms with E-state index in [0.29, 0.717) is 22.5 Å². The number of aromatic nitrogens is 2. The Bertz CT molecular complexity index is 2180. The zero-order valence-electron chi connectivity index (χ0n) is 24.1. The average Bonchev–Trinajstić information content (AvgIpc) is 3.68. The minimum absolute atomic E-state index is 0.156. The number of para-hydroxylation sites is 1. The minimum atomic E-state index is -4.28. The summed E-state index contributed by atoms with van der Waals surface area (Å²) in [5.74, 6) is -0.699. The van der Waals surface area contributed by atoms with Crippen LogP contribution in [0.2, 0.25) is 5.02 Å². The number of anilines is 1. The van der Waals surface area contributed by atoms with Crippen LogP contribution < -0.4 is 19.9 Å². The predicted octanol–water partition coefficient (Wildman–Crippen LogP) is 6.18. The van der Waals surface area contributed by atoms with Crippen LogP contribution in [-0.2, 0) is 23.6 Å². The summed E-state index contributed by atoms with van der Waals surface area (Å²) in [7, 11) is -2.72. The van der Waals surface area contributed by atoms with Crippen molar-refractivity contribution in [3.8, 4) is 22.9 Å². The average molecular weight is 657 g/mol. The normalized spacial score (nSPS) is 11.4. The molecule has 0 aliphatic heterocycles. The fraction of sp³-hybridized carbons (Fsp3) is 0.0606. The summed E-state index contributed by atoms with van der Waals surface area (Å²) < 4.78 is 42.4. The molecule has 4 aromatic carbocycles. The maximum atomic E-state index is 13.5. The Balaban J connectivity index is 1.27. The molecule has 0 aliphatic carbocycles. The highest BCUT2D eigenvalue weighted by Gasteiger charge is 2.25. The third-order valence-electron chi connectivity index (χ3n) is 7.06. The number of hydrogen-bond acceptors (Lipinski definition) is 9. The molecule has 11 nitrogen and oxygen atoms in total. The van der Waals surface area contributed by atoms with E-state index in [4.69, 9.17) is 30.6 Å². The highest BCUT2D eigenvalue weighted by Crippen LogP contribution is 2.31. The lowest BCUT2D eigenvalue weighted by Crippen LogP contribution is -2.18. The number of ether oxygens (including phenoxy) is 2. The van der Waals surface area contributed by atoms with Crippen LogP contribution in [0.1, 0.15) is 26.5 Å². The minimum Gasteiger partial charge on any atom is -0.467 e. The van der Waals surface area contributed by atoms with Crippen LogP contribution in [0.4, 0.5) is 5.69 Å². The molecule has 0 fully saturated rings. The Hall–Kier alpha value is -5.43. The van der Waals surface area contributed by atoms with Gasteiger partial charge in [-0.25, -0.2) is 23.1 Å². The Labute approximate surface area is 268 Å². The van der Waals surface area contributed by atoms with Gasteiger partial charge in [0.05, 0.1) is 45.7 Å². The number of carbonyl (C=O) groups is 2. The molecule has 0 aliphatic rings. The van der Waals surface area contributed by atoms with Crippen molar-refractivity contribution in [3.63, 3.8) is 0 Å². The van der Waals surface area contributed by atoms with Gasteiger partial charge in [-0.1, -0.05) is 60.1 Å². The lowest BCUT2D eigenvalue weighted by atomic mass is 10.1. The smallest absolute Gasteiger partial charge is 0.348 e. The van der Waals surface area contributed by atoms with Gasteiger partial charge in [-0.3, -0.25) is 4.57 Å². The molecule has 0 saturated carbocycles. The van der Waals surface area contributed by atoms with Gasteiger partial charge in [0.15, 0.2) is 0 Å². The maximum Gasteiger partial charge on any atom is 0.348 e. The summed E-state index contributed by atoms with van der Waals surface area (Å²) in [4.78, 5) is 30.7. The highest BCUT2D eigenvalue weighted by molar-refractivity contribution is 7.89. The Morgan fingerprint density at radius 2 is 1.61 bits per heavy atom. The van der Waals surface area contributed by atoms with Crippen LogP contribution in [0.5, 0.6) is 11.8 Å². The van der Waals surface area contributed by atoms with E-state index in [2.05, 4.69) is 10.3 Å². The van der Waals surface area contributed by atoms with Crippen LogP contribution in [-0.4, -0.2) is 29.9 Å². The molecule has 46 heavy (non-hydrogen) atoms. The van der Waals surface area contributed by atoms with Crippen LogP contribution in [0.3, 0.4) is 0 Å². The number of aryl methyl sites for hydroxylation is 1. The fourth-order valence-electron chi connectivity index (χ4n) is 4.83. The predicted molar refractivity (Wildman–Crippen MR) is 171 cm³/mol. The molecule has 6 rings (SSSR count). The zero-order chi connectivity index (χ0) is 32.4. The molecule has 3 N–H and O–H groups in total. The number of carbonyl (C=O) groups excluding carboxylic acids is 2. The van der Waals surface area contributed by atoms with E-state index in [1.807, 2.05) is 42.5 Å². The van der Waals surface area contributed by atoms with Gasteiger partial charge in [-0.05, 0) is 59.7 Å². The summed E-state index contributed by atoms with van der Waals surface area (Å²) in [5, 5.41) is 8.14. The first-order valence-electron chi connectivity index (χ1n) is 13.8. The summed E-state index contributed by atoms with van der Waals surface area (Å²) >= 11 is 6.20. The van der Waals surface area contributed by atoms with Gasteiger partial charge < -0.3 is 19.2 Å². The van der Waals surface area contributed by atoms with Crippen molar-refractivity contribution in [2.75, 3.05) is 5.32 Å². The standard InChI is InChI=1S/C33H25ClN4O7S/c1-38-30-24(31(39)44-22-14-12-21(13-15-22)20-7-3-2-4-8-20)10-5-11-27(30)37-33(38)45-32(40)25-17-29(46(35,41)42)26(34)18-28(25)36-19-23-9-6-16-43-23/h2-18,36H,19H2,1H3,(H2,35,41,42). The third kappa shape index (κ3) is 6.35. The number of hydrogen-bond donors (Lipinski definition) is 2. The molecule has 0 unspecified atom stereocenters. The molecule has 6 aromatic rings. The lowest BCUT2D eigenvalue weighted by Gasteiger charge is -2.13. The van der Waals surface area contributed by atoms with E-state index >= 15 is 0 Å². The monoisotopic (exact) mass is 656 g/mol. The van der Waals surface area contributed by atoms with E-state index in [0.717, 1.165) is 17.2 Å². The highest BCUT2D eigenvalue weighted by atomic mass is 35.5. The van der Waals surface area contributed by atoms with Gasteiger partial charge >= 0.3 is 17.9 Å². The number of imidazole rings is 1. The molecule has 0 spiro atoms. The first kappa shape index (κ1) is 30.6. The summed E-state index contributed by atoms with van der Waals surface area (Å²) in [6, 6.07) is 27.3. The number of primary sulfonamides is 1. The van der Waals surface area contributed by atoms with Gasteiger partial charge in [0.25, 0.3) is 0 Å². The molecule has 0 atom stereocenters. The molecule has 0 bridgehead atoms. The second kappa shape index (κ2) is 12.5. The summed E-state index contributed by atoms with van der Waals surface area (Å²) in [6.07, 6.45) is 1.49. The van der Waals surface area contributed by atoms with Crippen molar-refractivity contribution >= 4 is 50.3 Å². The van der Waals surface area contributed by atoms with E-state index < -0.39 is 26.9 Å². The summed E-state index contributed by atoms with van der Waals surface area (Å²) in [6.45, 7) is 0.158. The number of sulfonamides is 1. The Morgan fingerprint density at radius 1 is 0.891 bits per heavy atom. The van der Waals surface area contributed by atoms with Crippen molar-refractivity contribution in [1.29, 1.82) is 0 Å². The lowest BCUT2D eigenvalue weighted by molar-refractivity contribution is 0.0714. The van der Waals surface area contributed by atoms with Gasteiger partial charge in [0.2, 0.25) is 10.0 Å². The molecular formula is C33H25ClN4O7S. The number of nitrogens with zero attached hydrogens (tertiary/aromatic N) is 2. The van der Waals surface area contributed by atoms with Crippen LogP contribution in [0.15, 0.2) is 113 Å². The van der Waals surface area contributed by atoms with Crippen molar-refractivity contribution in [3.05, 3.63) is 125 Å². The molecule has 13 heteroatoms. The number of furan rings is 1. The maximum absolute atomic E-state index is 13.5. The zero-order valence-corrected chi connectivity index (χ0v) is 25.7. The van der Waals surface area contributed by atoms with Gasteiger partial charge in [-0.15, -0.1) is 0 Å². The topological polar surface area (TPSA) is 156 Å². The van der Waals surface area contributed by atoms with E-state index in [9.17, 15) is 18.0 Å². The number of benzene rings is 4. The van der Waals surface area contributed by atoms with Crippen molar-refractivity contribution in [1.82, 2.24) is 9.55 Å². The van der Waals surface area contributed by atoms with Crippen molar-refractivity contribution in [2.24, 2.45) is 12.2 Å². The fourth-order valence-corrected chi connectivity index (χ4v) is 5.93. The van der Waals surface area contributed by atoms with Crippen LogP contribution >= 0.6 is 11.6 Å². The first-order valence-corrected chi connectivity index (χ1v) is 15.7. The van der Waals surface area contributed by atoms with Crippen LogP contribution in [0.25, 0.3) is 22.2 Å². The molecule has 2 aromatic heterocycles. The van der Waals surface area contributed by atoms with E-state index in [1.54, 1.807) is 49.5 Å². The van der Waals surface area contributed by atoms with Gasteiger partial charge in [-0.2, -0.15) is 4.98 Å². The molecule has 0 saturated heterocycles. The van der Waals surface area contributed by atoms with Gasteiger partial charge in [0.1, 0.15) is 16.4 Å². The molecule has 0 amide bonds. The second-order valence-electron chi connectivity index (χ2n) is 10.1. The number of fused-ring (bicyclic) bond motifs is 1. The second-order valence-corrected chi connectivity index (χ2v) is 12.0. The molecule has 0 radical (unpaired) electrons. The number of nitrogens with one attached hydrogen (secondary N) is 1. The van der Waals surface area contributed by atoms with Crippen molar-refractivity contribution < 1.29 is 31.9 Å². The number of halogens is 1. The van der Waals surface area contributed by atoms with E-state index in [-0.39, 0.29) is 34.4 Å². The van der Waals surface area contributed by atoms with E-state index in [1.165, 1.54) is 16.9 Å². The Morgan fingerprint density at radius 3 is 2.30 bits per heavy atom. The van der Waals surface area contributed by atoms with Crippen LogP contribution in [0, 0.1) is 0 Å². The van der Waals surface area contributed by atoms with Gasteiger partial charge in [0, 0.05) is 7.05 Å². The first-order chi connectivity index (χ1) is 22.1. The molecule has 2 heterocycles.